The van der Waals surface area contributed by atoms with Crippen LogP contribution in [-0.4, -0.2) is 11.8 Å². The normalized spacial score (nSPS) is 10.5. The predicted molar refractivity (Wildman–Crippen MR) is 85.2 cm³/mol. The van der Waals surface area contributed by atoms with Crippen LogP contribution in [0.1, 0.15) is 15.9 Å². The predicted octanol–water partition coefficient (Wildman–Crippen LogP) is 3.06. The van der Waals surface area contributed by atoms with E-state index >= 15 is 0 Å². The van der Waals surface area contributed by atoms with E-state index in [-0.39, 0.29) is 5.56 Å². The van der Waals surface area contributed by atoms with Crippen molar-refractivity contribution in [2.75, 3.05) is 0 Å². The van der Waals surface area contributed by atoms with Gasteiger partial charge in [0.15, 0.2) is 0 Å². The van der Waals surface area contributed by atoms with Crippen molar-refractivity contribution in [1.29, 1.82) is 0 Å². The zero-order valence-corrected chi connectivity index (χ0v) is 12.9. The molecule has 0 heterocycles. The molecule has 2 amide bonds. The topological polar surface area (TPSA) is 58.2 Å². The number of halogens is 2. The van der Waals surface area contributed by atoms with E-state index in [2.05, 4.69) is 26.8 Å². The summed E-state index contributed by atoms with van der Waals surface area (Å²) in [6.07, 6.45) is 2.86. The molecular weight excluding hydrogens is 351 g/mol. The first kappa shape index (κ1) is 15.9. The zero-order valence-electron chi connectivity index (χ0n) is 11.3. The van der Waals surface area contributed by atoms with Crippen molar-refractivity contribution in [3.05, 3.63) is 76.0 Å². The fraction of sp³-hybridized carbons (Fsp3) is 0. The van der Waals surface area contributed by atoms with Gasteiger partial charge in [0.25, 0.3) is 11.8 Å². The number of hydrogen-bond donors (Lipinski definition) is 2. The lowest BCUT2D eigenvalue weighted by Gasteiger charge is -2.05. The third-order valence-electron chi connectivity index (χ3n) is 2.71. The average molecular weight is 363 g/mol. The maximum atomic E-state index is 13.4. The van der Waals surface area contributed by atoms with Crippen LogP contribution in [0.25, 0.3) is 6.08 Å². The highest BCUT2D eigenvalue weighted by Crippen LogP contribution is 2.11. The first-order valence-electron chi connectivity index (χ1n) is 6.35. The third kappa shape index (κ3) is 4.53. The molecule has 22 heavy (non-hydrogen) atoms. The van der Waals surface area contributed by atoms with Gasteiger partial charge in [-0.25, -0.2) is 4.39 Å². The van der Waals surface area contributed by atoms with Crippen molar-refractivity contribution >= 4 is 33.8 Å². The maximum absolute atomic E-state index is 13.4. The Kier molecular flexibility index (Phi) is 5.43. The molecule has 0 bridgehead atoms. The molecule has 0 unspecified atom stereocenters. The summed E-state index contributed by atoms with van der Waals surface area (Å²) in [6.45, 7) is 0. The van der Waals surface area contributed by atoms with Crippen molar-refractivity contribution in [3.8, 4) is 0 Å². The minimum Gasteiger partial charge on any atom is -0.268 e. The second-order valence-electron chi connectivity index (χ2n) is 4.31. The van der Waals surface area contributed by atoms with E-state index < -0.39 is 17.6 Å². The molecule has 2 N–H and O–H groups in total. The summed E-state index contributed by atoms with van der Waals surface area (Å²) in [5.74, 6) is -1.89. The molecule has 112 valence electrons. The standard InChI is InChI=1S/C16H12BrFN2O2/c17-12-8-5-11(6-9-12)7-10-15(21)19-20-16(22)13-3-1-2-4-14(13)18/h1-10H,(H,19,21)(H,20,22)/b10-7+. The van der Waals surface area contributed by atoms with E-state index in [4.69, 9.17) is 0 Å². The smallest absolute Gasteiger partial charge is 0.268 e. The Labute approximate surface area is 135 Å². The molecule has 0 fully saturated rings. The molecular formula is C16H12BrFN2O2. The number of benzene rings is 2. The summed E-state index contributed by atoms with van der Waals surface area (Å²) >= 11 is 3.31. The molecule has 0 aliphatic rings. The summed E-state index contributed by atoms with van der Waals surface area (Å²) in [7, 11) is 0. The monoisotopic (exact) mass is 362 g/mol. The van der Waals surface area contributed by atoms with Gasteiger partial charge in [0.2, 0.25) is 0 Å². The number of hydrazine groups is 1. The first-order chi connectivity index (χ1) is 10.6. The molecule has 4 nitrogen and oxygen atoms in total. The summed E-state index contributed by atoms with van der Waals surface area (Å²) in [5.41, 5.74) is 5.03. The van der Waals surface area contributed by atoms with Crippen LogP contribution in [0.4, 0.5) is 4.39 Å². The fourth-order valence-electron chi connectivity index (χ4n) is 1.62. The average Bonchev–Trinajstić information content (AvgIpc) is 2.52. The highest BCUT2D eigenvalue weighted by atomic mass is 79.9. The summed E-state index contributed by atoms with van der Waals surface area (Å²) in [5, 5.41) is 0. The van der Waals surface area contributed by atoms with Gasteiger partial charge in [-0.05, 0) is 35.9 Å². The molecule has 0 aliphatic carbocycles. The van der Waals surface area contributed by atoms with E-state index in [9.17, 15) is 14.0 Å². The van der Waals surface area contributed by atoms with E-state index in [0.717, 1.165) is 10.0 Å². The van der Waals surface area contributed by atoms with Crippen LogP contribution in [0.15, 0.2) is 59.1 Å². The largest absolute Gasteiger partial charge is 0.272 e. The van der Waals surface area contributed by atoms with Crippen LogP contribution in [-0.2, 0) is 4.79 Å². The van der Waals surface area contributed by atoms with Crippen LogP contribution < -0.4 is 10.9 Å². The van der Waals surface area contributed by atoms with Crippen molar-refractivity contribution in [2.45, 2.75) is 0 Å². The van der Waals surface area contributed by atoms with Crippen molar-refractivity contribution in [2.24, 2.45) is 0 Å². The zero-order chi connectivity index (χ0) is 15.9. The van der Waals surface area contributed by atoms with E-state index in [0.29, 0.717) is 0 Å². The Balaban J connectivity index is 1.89. The molecule has 2 aromatic rings. The maximum Gasteiger partial charge on any atom is 0.272 e. The van der Waals surface area contributed by atoms with Crippen LogP contribution in [0, 0.1) is 5.82 Å². The molecule has 2 aromatic carbocycles. The third-order valence-corrected chi connectivity index (χ3v) is 3.24. The summed E-state index contributed by atoms with van der Waals surface area (Å²) in [6, 6.07) is 12.9. The Morgan fingerprint density at radius 1 is 1.00 bits per heavy atom. The molecule has 2 rings (SSSR count). The van der Waals surface area contributed by atoms with Crippen molar-refractivity contribution in [3.63, 3.8) is 0 Å². The first-order valence-corrected chi connectivity index (χ1v) is 7.14. The molecule has 0 aromatic heterocycles. The van der Waals surface area contributed by atoms with Gasteiger partial charge in [-0.1, -0.05) is 40.2 Å². The van der Waals surface area contributed by atoms with E-state index in [1.165, 1.54) is 30.3 Å². The van der Waals surface area contributed by atoms with Crippen molar-refractivity contribution < 1.29 is 14.0 Å². The Bertz CT molecular complexity index is 714. The molecule has 6 heteroatoms. The molecule has 0 spiro atoms. The lowest BCUT2D eigenvalue weighted by atomic mass is 10.2. The number of carbonyl (C=O) groups excluding carboxylic acids is 2. The molecule has 0 atom stereocenters. The van der Waals surface area contributed by atoms with Gasteiger partial charge in [-0.2, -0.15) is 0 Å². The Hall–Kier alpha value is -2.47. The summed E-state index contributed by atoms with van der Waals surface area (Å²) < 4.78 is 14.3. The van der Waals surface area contributed by atoms with Gasteiger partial charge >= 0.3 is 0 Å². The Morgan fingerprint density at radius 2 is 1.68 bits per heavy atom. The van der Waals surface area contributed by atoms with Gasteiger partial charge in [0.05, 0.1) is 5.56 Å². The number of rotatable bonds is 3. The van der Waals surface area contributed by atoms with Gasteiger partial charge in [-0.15, -0.1) is 0 Å². The number of hydrogen-bond acceptors (Lipinski definition) is 2. The van der Waals surface area contributed by atoms with Crippen LogP contribution in [0.5, 0.6) is 0 Å². The minimum atomic E-state index is -0.719. The second-order valence-corrected chi connectivity index (χ2v) is 5.22. The second kappa shape index (κ2) is 7.51. The highest BCUT2D eigenvalue weighted by Gasteiger charge is 2.10. The van der Waals surface area contributed by atoms with E-state index in [1.54, 1.807) is 6.08 Å². The van der Waals surface area contributed by atoms with E-state index in [1.807, 2.05) is 24.3 Å². The van der Waals surface area contributed by atoms with Gasteiger partial charge in [0.1, 0.15) is 5.82 Å². The lowest BCUT2D eigenvalue weighted by Crippen LogP contribution is -2.41. The fourth-order valence-corrected chi connectivity index (χ4v) is 1.88. The van der Waals surface area contributed by atoms with Crippen molar-refractivity contribution in [1.82, 2.24) is 10.9 Å². The van der Waals surface area contributed by atoms with Gasteiger partial charge in [0, 0.05) is 10.5 Å². The quantitative estimate of drug-likeness (QED) is 0.651. The molecule has 0 radical (unpaired) electrons. The van der Waals surface area contributed by atoms with Crippen LogP contribution in [0.3, 0.4) is 0 Å². The minimum absolute atomic E-state index is 0.139. The number of amides is 2. The van der Waals surface area contributed by atoms with Crippen LogP contribution in [0.2, 0.25) is 0 Å². The van der Waals surface area contributed by atoms with Gasteiger partial charge < -0.3 is 0 Å². The number of carbonyl (C=O) groups is 2. The molecule has 0 saturated carbocycles. The highest BCUT2D eigenvalue weighted by molar-refractivity contribution is 9.10. The molecule has 0 aliphatic heterocycles. The SMILES string of the molecule is O=C(/C=C/c1ccc(Br)cc1)NNC(=O)c1ccccc1F. The van der Waals surface area contributed by atoms with Gasteiger partial charge in [-0.3, -0.25) is 20.4 Å². The number of nitrogens with one attached hydrogen (secondary N) is 2. The lowest BCUT2D eigenvalue weighted by molar-refractivity contribution is -0.117. The molecule has 0 saturated heterocycles. The van der Waals surface area contributed by atoms with Crippen LogP contribution >= 0.6 is 15.9 Å². The summed E-state index contributed by atoms with van der Waals surface area (Å²) in [4.78, 5) is 23.3. The Morgan fingerprint density at radius 3 is 2.36 bits per heavy atom.